The zero-order valence-corrected chi connectivity index (χ0v) is 23.4. The Balaban J connectivity index is 1.42. The van der Waals surface area contributed by atoms with E-state index in [1.165, 1.54) is 42.9 Å². The number of anilines is 1. The molecule has 0 N–H and O–H groups in total. The van der Waals surface area contributed by atoms with E-state index >= 15 is 0 Å². The molecular weight excluding hydrogens is 550 g/mol. The highest BCUT2D eigenvalue weighted by atomic mass is 32.2. The molecule has 1 aromatic heterocycles. The molecule has 0 radical (unpaired) electrons. The van der Waals surface area contributed by atoms with Crippen molar-refractivity contribution in [3.05, 3.63) is 83.2 Å². The number of halogens is 2. The van der Waals surface area contributed by atoms with E-state index in [0.717, 1.165) is 23.2 Å². The van der Waals surface area contributed by atoms with Crippen LogP contribution in [0.5, 0.6) is 5.75 Å². The molecule has 1 saturated heterocycles. The second-order valence-corrected chi connectivity index (χ2v) is 12.2. The molecule has 1 aliphatic heterocycles. The van der Waals surface area contributed by atoms with Crippen LogP contribution in [0.15, 0.2) is 59.6 Å². The molecule has 41 heavy (non-hydrogen) atoms. The standard InChI is InChI=1S/C30H30F2N4O4S/c1-40-25-11-9-24(10-12-25)35(19-23-8-7-21(18-34-23)20-5-3-2-4-6-20)30(37)28-13-14-36(28)41(38,39)26-15-22(17-33)29(32)27(31)16-26/h7-12,15-16,18,20,28H,2-6,13-14,19H2,1H3/t28-/m1/s1. The van der Waals surface area contributed by atoms with Gasteiger partial charge in [0.05, 0.1) is 29.8 Å². The molecule has 1 aliphatic carbocycles. The van der Waals surface area contributed by atoms with Crippen LogP contribution in [0.25, 0.3) is 0 Å². The summed E-state index contributed by atoms with van der Waals surface area (Å²) in [7, 11) is -2.86. The van der Waals surface area contributed by atoms with Crippen LogP contribution in [0.2, 0.25) is 0 Å². The van der Waals surface area contributed by atoms with E-state index in [1.807, 2.05) is 18.3 Å². The third-order valence-electron chi connectivity index (χ3n) is 7.88. The highest BCUT2D eigenvalue weighted by Crippen LogP contribution is 2.34. The second-order valence-electron chi connectivity index (χ2n) is 10.3. The van der Waals surface area contributed by atoms with Crippen LogP contribution in [0.4, 0.5) is 14.5 Å². The summed E-state index contributed by atoms with van der Waals surface area (Å²) >= 11 is 0. The summed E-state index contributed by atoms with van der Waals surface area (Å²) in [4.78, 5) is 19.4. The Morgan fingerprint density at radius 2 is 1.83 bits per heavy atom. The number of benzene rings is 2. The summed E-state index contributed by atoms with van der Waals surface area (Å²) in [6, 6.07) is 12.5. The van der Waals surface area contributed by atoms with E-state index in [4.69, 9.17) is 10.00 Å². The van der Waals surface area contributed by atoms with E-state index in [2.05, 4.69) is 4.98 Å². The molecular formula is C30H30F2N4O4S. The molecule has 0 bridgehead atoms. The van der Waals surface area contributed by atoms with Gasteiger partial charge in [0.1, 0.15) is 17.9 Å². The van der Waals surface area contributed by atoms with Crippen molar-refractivity contribution in [2.75, 3.05) is 18.6 Å². The van der Waals surface area contributed by atoms with Gasteiger partial charge in [-0.05, 0) is 73.2 Å². The number of pyridine rings is 1. The number of ether oxygens (including phenoxy) is 1. The SMILES string of the molecule is COc1ccc(N(Cc2ccc(C3CCCCC3)cn2)C(=O)[C@H]2CCN2S(=O)(=O)c2cc(F)c(F)c(C#N)c2)cc1. The fraction of sp³-hybridized carbons (Fsp3) is 0.367. The number of methoxy groups -OCH3 is 1. The van der Waals surface area contributed by atoms with E-state index < -0.39 is 44.1 Å². The largest absolute Gasteiger partial charge is 0.497 e. The maximum absolute atomic E-state index is 14.1. The number of nitriles is 1. The molecule has 0 unspecified atom stereocenters. The zero-order valence-electron chi connectivity index (χ0n) is 22.6. The Labute approximate surface area is 238 Å². The number of sulfonamides is 1. The van der Waals surface area contributed by atoms with Gasteiger partial charge in [0.15, 0.2) is 11.6 Å². The molecule has 2 aromatic carbocycles. The van der Waals surface area contributed by atoms with Crippen molar-refractivity contribution in [3.8, 4) is 11.8 Å². The summed E-state index contributed by atoms with van der Waals surface area (Å²) in [5, 5.41) is 9.11. The summed E-state index contributed by atoms with van der Waals surface area (Å²) in [6.45, 7) is 0.120. The average Bonchev–Trinajstić information content (AvgIpc) is 2.97. The third kappa shape index (κ3) is 5.80. The molecule has 2 aliphatic rings. The summed E-state index contributed by atoms with van der Waals surface area (Å²) < 4.78 is 60.9. The minimum atomic E-state index is -4.39. The van der Waals surface area contributed by atoms with Crippen LogP contribution in [0, 0.1) is 23.0 Å². The first-order valence-electron chi connectivity index (χ1n) is 13.5. The Morgan fingerprint density at radius 1 is 1.10 bits per heavy atom. The van der Waals surface area contributed by atoms with Crippen molar-refractivity contribution < 1.29 is 26.7 Å². The molecule has 8 nitrogen and oxygen atoms in total. The van der Waals surface area contributed by atoms with E-state index in [0.29, 0.717) is 29.1 Å². The Morgan fingerprint density at radius 3 is 2.41 bits per heavy atom. The van der Waals surface area contributed by atoms with Gasteiger partial charge in [-0.15, -0.1) is 0 Å². The second kappa shape index (κ2) is 11.9. The van der Waals surface area contributed by atoms with E-state index in [9.17, 15) is 22.0 Å². The predicted molar refractivity (Wildman–Crippen MR) is 148 cm³/mol. The van der Waals surface area contributed by atoms with Gasteiger partial charge >= 0.3 is 0 Å². The number of hydrogen-bond acceptors (Lipinski definition) is 6. The van der Waals surface area contributed by atoms with Gasteiger partial charge < -0.3 is 9.64 Å². The molecule has 2 fully saturated rings. The zero-order chi connectivity index (χ0) is 29.1. The maximum Gasteiger partial charge on any atom is 0.245 e. The van der Waals surface area contributed by atoms with Crippen LogP contribution >= 0.6 is 0 Å². The van der Waals surface area contributed by atoms with Crippen LogP contribution < -0.4 is 9.64 Å². The van der Waals surface area contributed by atoms with Crippen molar-refractivity contribution in [3.63, 3.8) is 0 Å². The van der Waals surface area contributed by atoms with Crippen molar-refractivity contribution in [1.29, 1.82) is 5.26 Å². The molecule has 11 heteroatoms. The van der Waals surface area contributed by atoms with Gasteiger partial charge in [0.2, 0.25) is 15.9 Å². The lowest BCUT2D eigenvalue weighted by Gasteiger charge is -2.41. The van der Waals surface area contributed by atoms with E-state index in [-0.39, 0.29) is 19.5 Å². The monoisotopic (exact) mass is 580 g/mol. The molecule has 3 aromatic rings. The smallest absolute Gasteiger partial charge is 0.245 e. The van der Waals surface area contributed by atoms with Gasteiger partial charge in [-0.25, -0.2) is 17.2 Å². The van der Waals surface area contributed by atoms with Crippen molar-refractivity contribution >= 4 is 21.6 Å². The van der Waals surface area contributed by atoms with Crippen LogP contribution in [0.1, 0.15) is 61.3 Å². The van der Waals surface area contributed by atoms with Crippen LogP contribution in [0.3, 0.4) is 0 Å². The quantitative estimate of drug-likeness (QED) is 0.359. The third-order valence-corrected chi connectivity index (χ3v) is 9.76. The van der Waals surface area contributed by atoms with Gasteiger partial charge in [0.25, 0.3) is 0 Å². The molecule has 0 spiro atoms. The Bertz CT molecular complexity index is 1570. The number of nitrogens with zero attached hydrogens (tertiary/aromatic N) is 4. The molecule has 214 valence electrons. The summed E-state index contributed by atoms with van der Waals surface area (Å²) in [5.74, 6) is -2.28. The van der Waals surface area contributed by atoms with Crippen LogP contribution in [-0.2, 0) is 21.4 Å². The number of hydrogen-bond donors (Lipinski definition) is 0. The van der Waals surface area contributed by atoms with Crippen molar-refractivity contribution in [2.45, 2.75) is 61.9 Å². The lowest BCUT2D eigenvalue weighted by Crippen LogP contribution is -2.59. The fourth-order valence-corrected chi connectivity index (χ4v) is 7.10. The molecule has 1 saturated carbocycles. The van der Waals surface area contributed by atoms with Gasteiger partial charge in [-0.3, -0.25) is 9.78 Å². The predicted octanol–water partition coefficient (Wildman–Crippen LogP) is 5.28. The molecule has 2 heterocycles. The van der Waals surface area contributed by atoms with Gasteiger partial charge in [-0.2, -0.15) is 9.57 Å². The topological polar surface area (TPSA) is 104 Å². The minimum Gasteiger partial charge on any atom is -0.497 e. The average molecular weight is 581 g/mol. The fourth-order valence-electron chi connectivity index (χ4n) is 5.44. The number of rotatable bonds is 8. The first-order valence-corrected chi connectivity index (χ1v) is 15.0. The summed E-state index contributed by atoms with van der Waals surface area (Å²) in [6.07, 6.45) is 8.04. The van der Waals surface area contributed by atoms with Gasteiger partial charge in [0, 0.05) is 18.4 Å². The highest BCUT2D eigenvalue weighted by Gasteiger charge is 2.45. The Hall–Kier alpha value is -3.88. The first kappa shape index (κ1) is 28.6. The molecule has 5 rings (SSSR count). The highest BCUT2D eigenvalue weighted by molar-refractivity contribution is 7.89. The van der Waals surface area contributed by atoms with Crippen molar-refractivity contribution in [1.82, 2.24) is 9.29 Å². The van der Waals surface area contributed by atoms with Crippen LogP contribution in [-0.4, -0.2) is 43.3 Å². The molecule has 1 amide bonds. The number of carbonyl (C=O) groups excluding carboxylic acids is 1. The normalized spacial score (nSPS) is 17.9. The first-order chi connectivity index (χ1) is 19.7. The van der Waals surface area contributed by atoms with E-state index in [1.54, 1.807) is 24.3 Å². The number of carbonyl (C=O) groups is 1. The van der Waals surface area contributed by atoms with Crippen molar-refractivity contribution in [2.24, 2.45) is 0 Å². The molecule has 1 atom stereocenters. The lowest BCUT2D eigenvalue weighted by atomic mass is 9.85. The summed E-state index contributed by atoms with van der Waals surface area (Å²) in [5.41, 5.74) is 1.62. The lowest BCUT2D eigenvalue weighted by molar-refractivity contribution is -0.125. The number of amides is 1. The minimum absolute atomic E-state index is 0.0183. The van der Waals surface area contributed by atoms with Gasteiger partial charge in [-0.1, -0.05) is 25.3 Å². The maximum atomic E-state index is 14.1. The Kier molecular flexibility index (Phi) is 8.33. The number of aromatic nitrogens is 1.